The van der Waals surface area contributed by atoms with Gasteiger partial charge in [0.15, 0.2) is 0 Å². The van der Waals surface area contributed by atoms with Crippen molar-refractivity contribution in [3.05, 3.63) is 65.7 Å². The summed E-state index contributed by atoms with van der Waals surface area (Å²) < 4.78 is 54.9. The van der Waals surface area contributed by atoms with Crippen LogP contribution in [0.2, 0.25) is 0 Å². The molecule has 0 saturated carbocycles. The number of amides is 1. The average molecular weight is 380 g/mol. The van der Waals surface area contributed by atoms with Crippen molar-refractivity contribution < 1.29 is 28.8 Å². The highest BCUT2D eigenvalue weighted by Gasteiger charge is 2.31. The molecule has 4 nitrogen and oxygen atoms in total. The van der Waals surface area contributed by atoms with Gasteiger partial charge in [-0.25, -0.2) is 0 Å². The number of halogens is 3. The Hall–Kier alpha value is -2.54. The van der Waals surface area contributed by atoms with Gasteiger partial charge in [-0.15, -0.1) is 13.2 Å². The van der Waals surface area contributed by atoms with Gasteiger partial charge in [0, 0.05) is 6.54 Å². The Morgan fingerprint density at radius 2 is 1.85 bits per heavy atom. The molecular weight excluding hydrogens is 359 g/mol. The summed E-state index contributed by atoms with van der Waals surface area (Å²) in [5.74, 6) is -0.605. The second-order valence-corrected chi connectivity index (χ2v) is 6.21. The summed E-state index contributed by atoms with van der Waals surface area (Å²) in [4.78, 5) is 14.2. The van der Waals surface area contributed by atoms with Crippen LogP contribution in [0.1, 0.15) is 38.0 Å². The molecule has 7 heteroatoms. The molecule has 0 radical (unpaired) electrons. The Labute approximate surface area is 156 Å². The largest absolute Gasteiger partial charge is 0.573 e. The smallest absolute Gasteiger partial charge is 0.406 e. The van der Waals surface area contributed by atoms with E-state index >= 15 is 0 Å². The van der Waals surface area contributed by atoms with Crippen molar-refractivity contribution >= 4 is 5.91 Å². The Balaban J connectivity index is 1.75. The molecule has 2 atom stereocenters. The highest BCUT2D eigenvalue weighted by molar-refractivity contribution is 5.78. The number of carbonyl (C=O) groups is 1. The van der Waals surface area contributed by atoms with Crippen molar-refractivity contribution in [2.45, 2.75) is 31.8 Å². The fourth-order valence-electron chi connectivity index (χ4n) is 3.04. The van der Waals surface area contributed by atoms with Crippen LogP contribution in [0.5, 0.6) is 5.75 Å². The number of hydrogen-bond donors (Lipinski definition) is 0. The molecular formula is C20H20F3NO3. The zero-order chi connectivity index (χ0) is 20.4. The monoisotopic (exact) mass is 380 g/mol. The van der Waals surface area contributed by atoms with E-state index in [9.17, 15) is 18.0 Å². The van der Waals surface area contributed by atoms with Gasteiger partial charge in [-0.05, 0) is 36.6 Å². The predicted molar refractivity (Wildman–Crippen MR) is 93.0 cm³/mol. The van der Waals surface area contributed by atoms with Crippen LogP contribution in [0.25, 0.3) is 0 Å². The summed E-state index contributed by atoms with van der Waals surface area (Å²) in [6.45, 7) is 1.92. The van der Waals surface area contributed by atoms with E-state index in [0.717, 1.165) is 17.7 Å². The minimum Gasteiger partial charge on any atom is -0.406 e. The second kappa shape index (κ2) is 8.00. The van der Waals surface area contributed by atoms with E-state index < -0.39 is 12.4 Å². The van der Waals surface area contributed by atoms with Crippen molar-refractivity contribution in [3.63, 3.8) is 0 Å². The minimum absolute atomic E-state index is 0.179. The van der Waals surface area contributed by atoms with Gasteiger partial charge in [-0.3, -0.25) is 4.79 Å². The number of hydrogen-bond acceptors (Lipinski definition) is 3. The van der Waals surface area contributed by atoms with Crippen LogP contribution in [-0.4, -0.2) is 30.3 Å². The molecule has 27 heavy (non-hydrogen) atoms. The van der Waals surface area contributed by atoms with Crippen LogP contribution in [0.3, 0.4) is 0 Å². The average Bonchev–Trinajstić information content (AvgIpc) is 2.81. The van der Waals surface area contributed by atoms with Crippen LogP contribution in [0, 0.1) is 0 Å². The summed E-state index contributed by atoms with van der Waals surface area (Å²) in [5, 5.41) is 0. The van der Waals surface area contributed by atoms with Crippen LogP contribution >= 0.6 is 0 Å². The molecule has 0 aliphatic carbocycles. The summed E-state index contributed by atoms with van der Waals surface area (Å²) in [5.41, 5.74) is 1.34. The fourth-order valence-corrected chi connectivity index (χ4v) is 3.04. The van der Waals surface area contributed by atoms with Crippen molar-refractivity contribution in [2.24, 2.45) is 0 Å². The minimum atomic E-state index is -4.78. The highest BCUT2D eigenvalue weighted by atomic mass is 19.4. The third-order valence-corrected chi connectivity index (χ3v) is 4.43. The van der Waals surface area contributed by atoms with Crippen molar-refractivity contribution in [3.8, 4) is 5.75 Å². The molecule has 1 fully saturated rings. The standard InChI is InChI=1S/C20H20F3NO3/c1-14(15-5-3-2-4-6-15)24-12-11-18(26-13-19(24)25)16-7-9-17(10-8-16)27-20(21,22)23/h2-10,14,18H,11-13H2,1H3/t14-,18-/m1/s1/i18D. The maximum Gasteiger partial charge on any atom is 0.573 e. The molecule has 1 heterocycles. The van der Waals surface area contributed by atoms with Crippen LogP contribution in [0.4, 0.5) is 13.2 Å². The lowest BCUT2D eigenvalue weighted by Gasteiger charge is -2.28. The van der Waals surface area contributed by atoms with E-state index in [4.69, 9.17) is 6.11 Å². The highest BCUT2D eigenvalue weighted by Crippen LogP contribution is 2.30. The molecule has 0 aromatic heterocycles. The molecule has 1 amide bonds. The molecule has 2 aromatic carbocycles. The number of carbonyl (C=O) groups excluding carboxylic acids is 1. The van der Waals surface area contributed by atoms with Crippen molar-refractivity contribution in [1.82, 2.24) is 4.90 Å². The van der Waals surface area contributed by atoms with E-state index in [1.54, 1.807) is 4.90 Å². The molecule has 3 rings (SSSR count). The van der Waals surface area contributed by atoms with Crippen molar-refractivity contribution in [2.75, 3.05) is 13.2 Å². The Kier molecular flexibility index (Phi) is 5.29. The van der Waals surface area contributed by atoms with Gasteiger partial charge >= 0.3 is 6.36 Å². The summed E-state index contributed by atoms with van der Waals surface area (Å²) in [7, 11) is 0. The van der Waals surface area contributed by atoms with E-state index in [2.05, 4.69) is 4.74 Å². The third-order valence-electron chi connectivity index (χ3n) is 4.43. The first-order chi connectivity index (χ1) is 13.2. The maximum atomic E-state index is 12.5. The first-order valence-corrected chi connectivity index (χ1v) is 8.53. The molecule has 1 saturated heterocycles. The zero-order valence-electron chi connectivity index (χ0n) is 15.7. The van der Waals surface area contributed by atoms with E-state index in [1.807, 2.05) is 37.3 Å². The Morgan fingerprint density at radius 1 is 1.19 bits per heavy atom. The van der Waals surface area contributed by atoms with Gasteiger partial charge in [-0.1, -0.05) is 42.5 Å². The first kappa shape index (κ1) is 17.9. The maximum absolute atomic E-state index is 12.5. The summed E-state index contributed by atoms with van der Waals surface area (Å²) >= 11 is 0. The Bertz CT molecular complexity index is 814. The van der Waals surface area contributed by atoms with Gasteiger partial charge < -0.3 is 14.4 Å². The quantitative estimate of drug-likeness (QED) is 0.776. The fraction of sp³-hybridized carbons (Fsp3) is 0.350. The topological polar surface area (TPSA) is 38.8 Å². The number of nitrogens with zero attached hydrogens (tertiary/aromatic N) is 1. The lowest BCUT2D eigenvalue weighted by Crippen LogP contribution is -2.34. The molecule has 0 spiro atoms. The molecule has 0 unspecified atom stereocenters. The van der Waals surface area contributed by atoms with Gasteiger partial charge in [0.2, 0.25) is 5.91 Å². The molecule has 1 aliphatic rings. The Morgan fingerprint density at radius 3 is 2.48 bits per heavy atom. The summed E-state index contributed by atoms with van der Waals surface area (Å²) in [6, 6.07) is 14.3. The van der Waals surface area contributed by atoms with Crippen molar-refractivity contribution in [1.29, 1.82) is 0 Å². The summed E-state index contributed by atoms with van der Waals surface area (Å²) in [6.07, 6.45) is -6.12. The molecule has 0 N–H and O–H groups in total. The second-order valence-electron chi connectivity index (χ2n) is 6.21. The molecule has 0 bridgehead atoms. The van der Waals surface area contributed by atoms with E-state index in [0.29, 0.717) is 12.1 Å². The number of benzene rings is 2. The normalized spacial score (nSPS) is 22.7. The molecule has 2 aromatic rings. The SMILES string of the molecule is [2H][C@]1(c2ccc(OC(F)(F)F)cc2)CCN([C@H](C)c2ccccc2)C(=O)CO1. The van der Waals surface area contributed by atoms with Crippen LogP contribution in [-0.2, 0) is 9.53 Å². The zero-order valence-corrected chi connectivity index (χ0v) is 14.7. The van der Waals surface area contributed by atoms with E-state index in [-0.39, 0.29) is 30.7 Å². The first-order valence-electron chi connectivity index (χ1n) is 9.03. The lowest BCUT2D eigenvalue weighted by atomic mass is 10.0. The lowest BCUT2D eigenvalue weighted by molar-refractivity contribution is -0.274. The molecule has 1 aliphatic heterocycles. The number of ether oxygens (including phenoxy) is 2. The van der Waals surface area contributed by atoms with Gasteiger partial charge in [0.05, 0.1) is 13.5 Å². The van der Waals surface area contributed by atoms with E-state index in [1.165, 1.54) is 12.1 Å². The van der Waals surface area contributed by atoms with Gasteiger partial charge in [-0.2, -0.15) is 0 Å². The number of alkyl halides is 3. The number of rotatable bonds is 4. The van der Waals surface area contributed by atoms with Gasteiger partial charge in [0.1, 0.15) is 12.4 Å². The van der Waals surface area contributed by atoms with Crippen LogP contribution < -0.4 is 4.74 Å². The van der Waals surface area contributed by atoms with Gasteiger partial charge in [0.25, 0.3) is 0 Å². The molecule has 144 valence electrons. The predicted octanol–water partition coefficient (Wildman–Crippen LogP) is 4.64. The third kappa shape index (κ3) is 5.01. The van der Waals surface area contributed by atoms with Crippen LogP contribution in [0.15, 0.2) is 54.6 Å².